The smallest absolute Gasteiger partial charge is 0.239 e. The summed E-state index contributed by atoms with van der Waals surface area (Å²) >= 11 is 0. The summed E-state index contributed by atoms with van der Waals surface area (Å²) in [5.74, 6) is 1.10. The standard InChI is InChI=1S/C15H27N3O2/c1-3-11-4-7-17-13(10-11)15(20)18-8-5-12(6-9-18)14(19)16-2/h11-13,17H,3-10H2,1-2H3,(H,16,19). The molecule has 0 spiro atoms. The molecule has 2 heterocycles. The monoisotopic (exact) mass is 281 g/mol. The van der Waals surface area contributed by atoms with E-state index in [9.17, 15) is 9.59 Å². The molecule has 0 aliphatic carbocycles. The lowest BCUT2D eigenvalue weighted by atomic mass is 9.89. The molecule has 20 heavy (non-hydrogen) atoms. The van der Waals surface area contributed by atoms with Gasteiger partial charge in [0, 0.05) is 26.1 Å². The molecule has 0 aromatic carbocycles. The zero-order valence-corrected chi connectivity index (χ0v) is 12.7. The molecule has 2 amide bonds. The van der Waals surface area contributed by atoms with Gasteiger partial charge in [0.1, 0.15) is 0 Å². The molecule has 2 saturated heterocycles. The van der Waals surface area contributed by atoms with Crippen LogP contribution in [0.5, 0.6) is 0 Å². The van der Waals surface area contributed by atoms with E-state index in [-0.39, 0.29) is 23.8 Å². The minimum atomic E-state index is -0.00903. The maximum Gasteiger partial charge on any atom is 0.239 e. The Balaban J connectivity index is 1.83. The molecule has 0 aromatic rings. The number of piperidine rings is 2. The Morgan fingerprint density at radius 2 is 1.95 bits per heavy atom. The number of carbonyl (C=O) groups is 2. The maximum absolute atomic E-state index is 12.5. The fourth-order valence-electron chi connectivity index (χ4n) is 3.34. The van der Waals surface area contributed by atoms with Gasteiger partial charge in [-0.2, -0.15) is 0 Å². The highest BCUT2D eigenvalue weighted by molar-refractivity contribution is 5.83. The third-order valence-electron chi connectivity index (χ3n) is 4.81. The van der Waals surface area contributed by atoms with Gasteiger partial charge in [-0.05, 0) is 38.1 Å². The van der Waals surface area contributed by atoms with Crippen molar-refractivity contribution in [2.45, 2.75) is 45.1 Å². The molecule has 2 aliphatic heterocycles. The molecule has 2 aliphatic rings. The van der Waals surface area contributed by atoms with E-state index in [1.54, 1.807) is 7.05 Å². The third kappa shape index (κ3) is 3.51. The Kier molecular flexibility index (Phi) is 5.40. The van der Waals surface area contributed by atoms with Crippen LogP contribution in [0.25, 0.3) is 0 Å². The highest BCUT2D eigenvalue weighted by atomic mass is 16.2. The Morgan fingerprint density at radius 3 is 2.55 bits per heavy atom. The summed E-state index contributed by atoms with van der Waals surface area (Å²) in [6, 6.07) is -0.00903. The summed E-state index contributed by atoms with van der Waals surface area (Å²) in [6.45, 7) is 4.58. The van der Waals surface area contributed by atoms with Gasteiger partial charge in [0.05, 0.1) is 6.04 Å². The van der Waals surface area contributed by atoms with Crippen LogP contribution in [-0.2, 0) is 9.59 Å². The van der Waals surface area contributed by atoms with Gasteiger partial charge in [-0.1, -0.05) is 13.3 Å². The van der Waals surface area contributed by atoms with Gasteiger partial charge < -0.3 is 15.5 Å². The number of carbonyl (C=O) groups excluding carboxylic acids is 2. The first-order valence-corrected chi connectivity index (χ1v) is 7.89. The van der Waals surface area contributed by atoms with E-state index in [0.717, 1.165) is 32.2 Å². The number of nitrogens with one attached hydrogen (secondary N) is 2. The zero-order chi connectivity index (χ0) is 14.5. The van der Waals surface area contributed by atoms with Crippen molar-refractivity contribution < 1.29 is 9.59 Å². The van der Waals surface area contributed by atoms with Crippen molar-refractivity contribution in [3.05, 3.63) is 0 Å². The van der Waals surface area contributed by atoms with E-state index in [4.69, 9.17) is 0 Å². The molecule has 5 heteroatoms. The van der Waals surface area contributed by atoms with Crippen LogP contribution in [0.15, 0.2) is 0 Å². The van der Waals surface area contributed by atoms with Gasteiger partial charge in [0.25, 0.3) is 0 Å². The van der Waals surface area contributed by atoms with Gasteiger partial charge in [0.15, 0.2) is 0 Å². The molecule has 0 aromatic heterocycles. The zero-order valence-electron chi connectivity index (χ0n) is 12.7. The normalized spacial score (nSPS) is 28.2. The van der Waals surface area contributed by atoms with E-state index in [1.807, 2.05) is 4.90 Å². The molecule has 0 radical (unpaired) electrons. The third-order valence-corrected chi connectivity index (χ3v) is 4.81. The van der Waals surface area contributed by atoms with Gasteiger partial charge >= 0.3 is 0 Å². The molecule has 2 fully saturated rings. The van der Waals surface area contributed by atoms with Crippen LogP contribution in [0.3, 0.4) is 0 Å². The summed E-state index contributed by atoms with van der Waals surface area (Å²) in [7, 11) is 1.68. The summed E-state index contributed by atoms with van der Waals surface area (Å²) in [5.41, 5.74) is 0. The van der Waals surface area contributed by atoms with E-state index in [0.29, 0.717) is 19.0 Å². The highest BCUT2D eigenvalue weighted by Gasteiger charge is 2.32. The van der Waals surface area contributed by atoms with Crippen LogP contribution in [0.2, 0.25) is 0 Å². The summed E-state index contributed by atoms with van der Waals surface area (Å²) in [5, 5.41) is 6.06. The SMILES string of the molecule is CCC1CCNC(C(=O)N2CCC(C(=O)NC)CC2)C1. The van der Waals surface area contributed by atoms with Crippen LogP contribution in [0.1, 0.15) is 39.0 Å². The predicted octanol–water partition coefficient (Wildman–Crippen LogP) is 0.749. The second kappa shape index (κ2) is 7.07. The molecule has 2 atom stereocenters. The van der Waals surface area contributed by atoms with Gasteiger partial charge in [-0.3, -0.25) is 9.59 Å². The van der Waals surface area contributed by atoms with E-state index in [1.165, 1.54) is 6.42 Å². The van der Waals surface area contributed by atoms with Gasteiger partial charge in [-0.15, -0.1) is 0 Å². The molecule has 2 unspecified atom stereocenters. The van der Waals surface area contributed by atoms with E-state index >= 15 is 0 Å². The first-order chi connectivity index (χ1) is 9.65. The highest BCUT2D eigenvalue weighted by Crippen LogP contribution is 2.23. The van der Waals surface area contributed by atoms with Crippen molar-refractivity contribution in [3.63, 3.8) is 0 Å². The van der Waals surface area contributed by atoms with Crippen LogP contribution < -0.4 is 10.6 Å². The summed E-state index contributed by atoms with van der Waals surface area (Å²) < 4.78 is 0. The number of nitrogens with zero attached hydrogens (tertiary/aromatic N) is 1. The van der Waals surface area contributed by atoms with Crippen molar-refractivity contribution in [1.29, 1.82) is 0 Å². The van der Waals surface area contributed by atoms with Crippen LogP contribution in [-0.4, -0.2) is 49.4 Å². The number of amides is 2. The second-order valence-electron chi connectivity index (χ2n) is 6.02. The Bertz CT molecular complexity index is 351. The molecule has 5 nitrogen and oxygen atoms in total. The van der Waals surface area contributed by atoms with Gasteiger partial charge in [-0.25, -0.2) is 0 Å². The molecule has 2 rings (SSSR count). The van der Waals surface area contributed by atoms with E-state index in [2.05, 4.69) is 17.6 Å². The topological polar surface area (TPSA) is 61.4 Å². The van der Waals surface area contributed by atoms with Crippen molar-refractivity contribution in [1.82, 2.24) is 15.5 Å². The Labute approximate surface area is 121 Å². The summed E-state index contributed by atoms with van der Waals surface area (Å²) in [6.07, 6.45) is 4.87. The number of likely N-dealkylation sites (tertiary alicyclic amines) is 1. The van der Waals surface area contributed by atoms with E-state index < -0.39 is 0 Å². The molecule has 0 bridgehead atoms. The molecule has 114 valence electrons. The summed E-state index contributed by atoms with van der Waals surface area (Å²) in [4.78, 5) is 26.1. The fourth-order valence-corrected chi connectivity index (χ4v) is 3.34. The van der Waals surface area contributed by atoms with Crippen molar-refractivity contribution in [2.75, 3.05) is 26.7 Å². The molecule has 0 saturated carbocycles. The van der Waals surface area contributed by atoms with Crippen LogP contribution in [0.4, 0.5) is 0 Å². The fraction of sp³-hybridized carbons (Fsp3) is 0.867. The lowest BCUT2D eigenvalue weighted by Crippen LogP contribution is -2.52. The van der Waals surface area contributed by atoms with Crippen molar-refractivity contribution >= 4 is 11.8 Å². The molecular formula is C15H27N3O2. The first-order valence-electron chi connectivity index (χ1n) is 7.89. The minimum absolute atomic E-state index is 0.00903. The number of rotatable bonds is 3. The lowest BCUT2D eigenvalue weighted by molar-refractivity contribution is -0.138. The average Bonchev–Trinajstić information content (AvgIpc) is 2.53. The predicted molar refractivity (Wildman–Crippen MR) is 78.2 cm³/mol. The number of hydrogen-bond donors (Lipinski definition) is 2. The molecular weight excluding hydrogens is 254 g/mol. The van der Waals surface area contributed by atoms with Gasteiger partial charge in [0.2, 0.25) is 11.8 Å². The Morgan fingerprint density at radius 1 is 1.25 bits per heavy atom. The first kappa shape index (κ1) is 15.3. The lowest BCUT2D eigenvalue weighted by Gasteiger charge is -2.36. The average molecular weight is 281 g/mol. The minimum Gasteiger partial charge on any atom is -0.359 e. The second-order valence-corrected chi connectivity index (χ2v) is 6.02. The largest absolute Gasteiger partial charge is 0.359 e. The number of hydrogen-bond acceptors (Lipinski definition) is 3. The Hall–Kier alpha value is -1.10. The molecule has 2 N–H and O–H groups in total. The van der Waals surface area contributed by atoms with Crippen molar-refractivity contribution in [2.24, 2.45) is 11.8 Å². The van der Waals surface area contributed by atoms with Crippen LogP contribution >= 0.6 is 0 Å². The van der Waals surface area contributed by atoms with Crippen LogP contribution in [0, 0.1) is 11.8 Å². The van der Waals surface area contributed by atoms with Crippen molar-refractivity contribution in [3.8, 4) is 0 Å². The maximum atomic E-state index is 12.5. The quantitative estimate of drug-likeness (QED) is 0.802.